The molecular weight excluding hydrogens is 353 g/mol. The van der Waals surface area contributed by atoms with Crippen LogP contribution in [-0.2, 0) is 12.7 Å². The van der Waals surface area contributed by atoms with Gasteiger partial charge in [0.1, 0.15) is 4.88 Å². The molecule has 1 aliphatic rings. The van der Waals surface area contributed by atoms with E-state index in [1.54, 1.807) is 6.07 Å². The molecule has 0 spiro atoms. The molecule has 1 amide bonds. The van der Waals surface area contributed by atoms with Crippen molar-refractivity contribution in [1.29, 1.82) is 0 Å². The highest BCUT2D eigenvalue weighted by molar-refractivity contribution is 7.07. The summed E-state index contributed by atoms with van der Waals surface area (Å²) >= 11 is 1.05. The number of likely N-dealkylation sites (tertiary alicyclic amines) is 1. The first kappa shape index (κ1) is 17.8. The van der Waals surface area contributed by atoms with Crippen molar-refractivity contribution in [2.75, 3.05) is 13.1 Å². The molecule has 2 aromatic rings. The zero-order chi connectivity index (χ0) is 17.9. The Kier molecular flexibility index (Phi) is 5.33. The van der Waals surface area contributed by atoms with E-state index in [0.717, 1.165) is 43.5 Å². The maximum Gasteiger partial charge on any atom is 0.416 e. The molecular formula is C16H17F3N4OS. The van der Waals surface area contributed by atoms with Crippen LogP contribution in [0, 0.1) is 0 Å². The minimum absolute atomic E-state index is 0.0624. The lowest BCUT2D eigenvalue weighted by molar-refractivity contribution is -0.137. The summed E-state index contributed by atoms with van der Waals surface area (Å²) in [6.07, 6.45) is -1.37. The lowest BCUT2D eigenvalue weighted by atomic mass is 10.0. The maximum atomic E-state index is 12.8. The van der Waals surface area contributed by atoms with Crippen LogP contribution in [0.3, 0.4) is 0 Å². The van der Waals surface area contributed by atoms with Gasteiger partial charge in [0, 0.05) is 25.7 Å². The molecule has 9 heteroatoms. The molecule has 0 bridgehead atoms. The lowest BCUT2D eigenvalue weighted by Gasteiger charge is -2.32. The Morgan fingerprint density at radius 1 is 1.32 bits per heavy atom. The van der Waals surface area contributed by atoms with Crippen molar-refractivity contribution in [2.45, 2.75) is 31.6 Å². The normalized spacial score (nSPS) is 16.8. The summed E-state index contributed by atoms with van der Waals surface area (Å²) in [7, 11) is 0. The number of carbonyl (C=O) groups is 1. The van der Waals surface area contributed by atoms with E-state index in [2.05, 4.69) is 19.8 Å². The lowest BCUT2D eigenvalue weighted by Crippen LogP contribution is -2.44. The van der Waals surface area contributed by atoms with Gasteiger partial charge in [-0.05, 0) is 36.0 Å². The van der Waals surface area contributed by atoms with Gasteiger partial charge in [-0.15, -0.1) is 5.10 Å². The second-order valence-electron chi connectivity index (χ2n) is 6.00. The fraction of sp³-hybridized carbons (Fsp3) is 0.438. The monoisotopic (exact) mass is 370 g/mol. The Hall–Kier alpha value is -2.00. The predicted octanol–water partition coefficient (Wildman–Crippen LogP) is 2.95. The number of aromatic nitrogens is 2. The van der Waals surface area contributed by atoms with Crippen molar-refractivity contribution in [3.8, 4) is 0 Å². The van der Waals surface area contributed by atoms with Gasteiger partial charge in [-0.2, -0.15) is 13.2 Å². The molecule has 134 valence electrons. The number of amides is 1. The van der Waals surface area contributed by atoms with E-state index in [1.165, 1.54) is 18.3 Å². The highest BCUT2D eigenvalue weighted by Gasteiger charge is 2.30. The molecule has 3 rings (SSSR count). The van der Waals surface area contributed by atoms with Crippen LogP contribution in [0.1, 0.15) is 33.6 Å². The third-order valence-corrected chi connectivity index (χ3v) is 4.83. The minimum Gasteiger partial charge on any atom is -0.348 e. The van der Waals surface area contributed by atoms with Crippen molar-refractivity contribution in [3.63, 3.8) is 0 Å². The van der Waals surface area contributed by atoms with E-state index in [0.29, 0.717) is 17.0 Å². The summed E-state index contributed by atoms with van der Waals surface area (Å²) in [4.78, 5) is 14.6. The quantitative estimate of drug-likeness (QED) is 0.899. The van der Waals surface area contributed by atoms with Crippen LogP contribution in [0.15, 0.2) is 30.5 Å². The van der Waals surface area contributed by atoms with Gasteiger partial charge in [-0.25, -0.2) is 0 Å². The molecule has 0 radical (unpaired) electrons. The van der Waals surface area contributed by atoms with Gasteiger partial charge in [-0.3, -0.25) is 9.69 Å². The Labute approximate surface area is 147 Å². The zero-order valence-electron chi connectivity index (χ0n) is 13.3. The number of rotatable bonds is 4. The summed E-state index contributed by atoms with van der Waals surface area (Å²) in [5, 5.41) is 6.59. The van der Waals surface area contributed by atoms with Crippen LogP contribution in [-0.4, -0.2) is 39.5 Å². The molecule has 1 aromatic heterocycles. The molecule has 1 aromatic carbocycles. The average Bonchev–Trinajstić information content (AvgIpc) is 3.11. The molecule has 1 fully saturated rings. The first-order valence-corrected chi connectivity index (χ1v) is 8.66. The third-order valence-electron chi connectivity index (χ3n) is 4.17. The van der Waals surface area contributed by atoms with Crippen molar-refractivity contribution in [2.24, 2.45) is 0 Å². The van der Waals surface area contributed by atoms with Gasteiger partial charge in [0.15, 0.2) is 0 Å². The highest BCUT2D eigenvalue weighted by Crippen LogP contribution is 2.30. The Morgan fingerprint density at radius 3 is 2.72 bits per heavy atom. The second kappa shape index (κ2) is 7.49. The number of alkyl halides is 3. The van der Waals surface area contributed by atoms with E-state index in [9.17, 15) is 18.0 Å². The number of nitrogens with one attached hydrogen (secondary N) is 1. The molecule has 5 nitrogen and oxygen atoms in total. The van der Waals surface area contributed by atoms with E-state index in [-0.39, 0.29) is 11.9 Å². The SMILES string of the molecule is O=C(NC1CCN(Cc2cccc(C(F)(F)F)c2)CC1)c1cnns1. The average molecular weight is 370 g/mol. The minimum atomic E-state index is -4.32. The number of halogens is 3. The van der Waals surface area contributed by atoms with Gasteiger partial charge in [0.25, 0.3) is 5.91 Å². The summed E-state index contributed by atoms with van der Waals surface area (Å²) in [5.74, 6) is -0.175. The second-order valence-corrected chi connectivity index (χ2v) is 6.79. The smallest absolute Gasteiger partial charge is 0.348 e. The van der Waals surface area contributed by atoms with E-state index >= 15 is 0 Å². The van der Waals surface area contributed by atoms with Crippen molar-refractivity contribution >= 4 is 17.4 Å². The molecule has 0 saturated carbocycles. The van der Waals surface area contributed by atoms with Crippen molar-refractivity contribution in [1.82, 2.24) is 19.8 Å². The molecule has 1 saturated heterocycles. The van der Waals surface area contributed by atoms with Crippen LogP contribution in [0.25, 0.3) is 0 Å². The first-order chi connectivity index (χ1) is 11.9. The number of benzene rings is 1. The fourth-order valence-electron chi connectivity index (χ4n) is 2.86. The van der Waals surface area contributed by atoms with Crippen molar-refractivity contribution < 1.29 is 18.0 Å². The van der Waals surface area contributed by atoms with Crippen LogP contribution < -0.4 is 5.32 Å². The fourth-order valence-corrected chi connectivity index (χ4v) is 3.28. The third kappa shape index (κ3) is 4.76. The number of nitrogens with zero attached hydrogens (tertiary/aromatic N) is 3. The largest absolute Gasteiger partial charge is 0.416 e. The van der Waals surface area contributed by atoms with Gasteiger partial charge >= 0.3 is 6.18 Å². The number of hydrogen-bond donors (Lipinski definition) is 1. The summed E-state index contributed by atoms with van der Waals surface area (Å²) in [5.41, 5.74) is 0.0263. The molecule has 0 aliphatic carbocycles. The van der Waals surface area contributed by atoms with Gasteiger partial charge in [-0.1, -0.05) is 22.7 Å². The van der Waals surface area contributed by atoms with Gasteiger partial charge in [0.2, 0.25) is 0 Å². The summed E-state index contributed by atoms with van der Waals surface area (Å²) < 4.78 is 42.0. The van der Waals surface area contributed by atoms with Crippen LogP contribution in [0.2, 0.25) is 0 Å². The molecule has 1 aliphatic heterocycles. The van der Waals surface area contributed by atoms with Gasteiger partial charge in [0.05, 0.1) is 11.8 Å². The predicted molar refractivity (Wildman–Crippen MR) is 87.1 cm³/mol. The topological polar surface area (TPSA) is 58.1 Å². The van der Waals surface area contributed by atoms with Crippen LogP contribution in [0.5, 0.6) is 0 Å². The Morgan fingerprint density at radius 2 is 2.08 bits per heavy atom. The van der Waals surface area contributed by atoms with Crippen LogP contribution in [0.4, 0.5) is 13.2 Å². The van der Waals surface area contributed by atoms with E-state index < -0.39 is 11.7 Å². The molecule has 0 unspecified atom stereocenters. The number of carbonyl (C=O) groups excluding carboxylic acids is 1. The van der Waals surface area contributed by atoms with Gasteiger partial charge < -0.3 is 5.32 Å². The molecule has 25 heavy (non-hydrogen) atoms. The van der Waals surface area contributed by atoms with E-state index in [4.69, 9.17) is 0 Å². The molecule has 2 heterocycles. The highest BCUT2D eigenvalue weighted by atomic mass is 32.1. The van der Waals surface area contributed by atoms with E-state index in [1.807, 2.05) is 0 Å². The Bertz CT molecular complexity index is 712. The summed E-state index contributed by atoms with van der Waals surface area (Å²) in [6, 6.07) is 5.49. The standard InChI is InChI=1S/C16H17F3N4OS/c17-16(18,19)12-3-1-2-11(8-12)10-23-6-4-13(5-7-23)21-15(24)14-9-20-22-25-14/h1-3,8-9,13H,4-7,10H2,(H,21,24). The van der Waals surface area contributed by atoms with Crippen molar-refractivity contribution in [3.05, 3.63) is 46.5 Å². The first-order valence-electron chi connectivity index (χ1n) is 7.88. The maximum absolute atomic E-state index is 12.8. The summed E-state index contributed by atoms with van der Waals surface area (Å²) in [6.45, 7) is 1.92. The number of hydrogen-bond acceptors (Lipinski definition) is 5. The molecule has 1 N–H and O–H groups in total. The zero-order valence-corrected chi connectivity index (χ0v) is 14.1. The Balaban J connectivity index is 1.50. The molecule has 0 atom stereocenters. The number of piperidine rings is 1. The van der Waals surface area contributed by atoms with Crippen LogP contribution >= 0.6 is 11.5 Å².